The van der Waals surface area contributed by atoms with Gasteiger partial charge in [0.1, 0.15) is 5.78 Å². The van der Waals surface area contributed by atoms with Crippen LogP contribution in [-0.4, -0.2) is 51.7 Å². The molecule has 1 aliphatic rings. The first-order valence-corrected chi connectivity index (χ1v) is 11.7. The number of benzene rings is 1. The SMILES string of the molecule is CCN(CC)S(=O)(=O)c1cccc(-c2nnc(S[C@H]3CCCCC3=O)n2N)c1. The first-order chi connectivity index (χ1) is 13.4. The predicted molar refractivity (Wildman–Crippen MR) is 109 cm³/mol. The lowest BCUT2D eigenvalue weighted by Gasteiger charge is -2.19. The molecule has 3 rings (SSSR count). The van der Waals surface area contributed by atoms with Gasteiger partial charge in [0.25, 0.3) is 0 Å². The van der Waals surface area contributed by atoms with Crippen LogP contribution in [0.5, 0.6) is 0 Å². The van der Waals surface area contributed by atoms with Crippen LogP contribution in [-0.2, 0) is 14.8 Å². The fraction of sp³-hybridized carbons (Fsp3) is 0.500. The zero-order valence-corrected chi connectivity index (χ0v) is 17.7. The summed E-state index contributed by atoms with van der Waals surface area (Å²) in [5.41, 5.74) is 0.560. The Bertz CT molecular complexity index is 954. The van der Waals surface area contributed by atoms with Crippen LogP contribution in [0, 0.1) is 0 Å². The van der Waals surface area contributed by atoms with E-state index in [1.54, 1.807) is 38.1 Å². The Labute approximate surface area is 169 Å². The molecular formula is C18H25N5O3S2. The number of rotatable bonds is 7. The zero-order valence-electron chi connectivity index (χ0n) is 16.0. The minimum Gasteiger partial charge on any atom is -0.335 e. The third kappa shape index (κ3) is 4.08. The number of hydrogen-bond donors (Lipinski definition) is 1. The Morgan fingerprint density at radius 1 is 1.25 bits per heavy atom. The quantitative estimate of drug-likeness (QED) is 0.680. The maximum atomic E-state index is 12.8. The average Bonchev–Trinajstić information content (AvgIpc) is 3.05. The van der Waals surface area contributed by atoms with Crippen LogP contribution in [0.15, 0.2) is 34.3 Å². The summed E-state index contributed by atoms with van der Waals surface area (Å²) in [6, 6.07) is 6.53. The molecule has 1 aromatic heterocycles. The van der Waals surface area contributed by atoms with Crippen LogP contribution in [0.1, 0.15) is 39.5 Å². The molecule has 2 N–H and O–H groups in total. The smallest absolute Gasteiger partial charge is 0.243 e. The van der Waals surface area contributed by atoms with Crippen LogP contribution in [0.4, 0.5) is 0 Å². The van der Waals surface area contributed by atoms with Crippen molar-refractivity contribution < 1.29 is 13.2 Å². The second-order valence-electron chi connectivity index (χ2n) is 6.61. The minimum atomic E-state index is -3.58. The number of nitrogens with zero attached hydrogens (tertiary/aromatic N) is 4. The molecule has 0 spiro atoms. The number of ketones is 1. The molecule has 0 bridgehead atoms. The van der Waals surface area contributed by atoms with Gasteiger partial charge in [-0.2, -0.15) is 4.31 Å². The number of nitrogens with two attached hydrogens (primary N) is 1. The largest absolute Gasteiger partial charge is 0.335 e. The van der Waals surface area contributed by atoms with E-state index in [9.17, 15) is 13.2 Å². The minimum absolute atomic E-state index is 0.150. The average molecular weight is 424 g/mol. The standard InChI is InChI=1S/C18H25N5O3S2/c1-3-22(4-2)28(25,26)14-9-7-8-13(12-14)17-20-21-18(23(17)19)27-16-11-6-5-10-15(16)24/h7-9,12,16H,3-6,10-11,19H2,1-2H3/t16-/m0/s1. The molecule has 0 amide bonds. The van der Waals surface area contributed by atoms with E-state index in [-0.39, 0.29) is 15.9 Å². The second-order valence-corrected chi connectivity index (χ2v) is 9.72. The molecule has 152 valence electrons. The normalized spacial score (nSPS) is 18.0. The molecular weight excluding hydrogens is 398 g/mol. The number of sulfonamides is 1. The Kier molecular flexibility index (Phi) is 6.41. The van der Waals surface area contributed by atoms with Crippen LogP contribution < -0.4 is 5.84 Å². The van der Waals surface area contributed by atoms with Crippen LogP contribution in [0.2, 0.25) is 0 Å². The number of carbonyl (C=O) groups excluding carboxylic acids is 1. The number of carbonyl (C=O) groups is 1. The van der Waals surface area contributed by atoms with Crippen molar-refractivity contribution in [2.45, 2.75) is 54.8 Å². The van der Waals surface area contributed by atoms with E-state index in [0.29, 0.717) is 36.1 Å². The van der Waals surface area contributed by atoms with Gasteiger partial charge in [-0.15, -0.1) is 10.2 Å². The van der Waals surface area contributed by atoms with Crippen molar-refractivity contribution in [3.05, 3.63) is 24.3 Å². The molecule has 1 aliphatic carbocycles. The monoisotopic (exact) mass is 423 g/mol. The summed E-state index contributed by atoms with van der Waals surface area (Å²) in [7, 11) is -3.58. The molecule has 1 aromatic carbocycles. The van der Waals surface area contributed by atoms with E-state index in [1.165, 1.54) is 20.7 Å². The van der Waals surface area contributed by atoms with E-state index in [4.69, 9.17) is 5.84 Å². The van der Waals surface area contributed by atoms with Crippen molar-refractivity contribution in [3.8, 4) is 11.4 Å². The number of hydrogen-bond acceptors (Lipinski definition) is 7. The summed E-state index contributed by atoms with van der Waals surface area (Å²) in [5, 5.41) is 8.55. The van der Waals surface area contributed by atoms with Gasteiger partial charge < -0.3 is 5.84 Å². The molecule has 2 aromatic rings. The summed E-state index contributed by atoms with van der Waals surface area (Å²) < 4.78 is 28.3. The van der Waals surface area contributed by atoms with Crippen molar-refractivity contribution in [1.29, 1.82) is 0 Å². The number of Topliss-reactive ketones (excluding diaryl/α,β-unsaturated/α-hetero) is 1. The molecule has 1 atom stereocenters. The van der Waals surface area contributed by atoms with Crippen molar-refractivity contribution in [2.24, 2.45) is 0 Å². The van der Waals surface area contributed by atoms with Gasteiger partial charge >= 0.3 is 0 Å². The lowest BCUT2D eigenvalue weighted by atomic mass is 9.99. The molecule has 0 unspecified atom stereocenters. The number of nitrogen functional groups attached to an aromatic ring is 1. The summed E-state index contributed by atoms with van der Waals surface area (Å²) >= 11 is 1.32. The second kappa shape index (κ2) is 8.62. The summed E-state index contributed by atoms with van der Waals surface area (Å²) in [5.74, 6) is 6.75. The van der Waals surface area contributed by atoms with Gasteiger partial charge in [0.15, 0.2) is 5.82 Å². The molecule has 0 radical (unpaired) electrons. The van der Waals surface area contributed by atoms with Gasteiger partial charge in [0, 0.05) is 25.1 Å². The van der Waals surface area contributed by atoms with Gasteiger partial charge in [0.05, 0.1) is 10.1 Å². The number of aromatic nitrogens is 3. The summed E-state index contributed by atoms with van der Waals surface area (Å²) in [6.07, 6.45) is 3.35. The van der Waals surface area contributed by atoms with Gasteiger partial charge in [-0.25, -0.2) is 13.1 Å². The molecule has 0 aliphatic heterocycles. The lowest BCUT2D eigenvalue weighted by Crippen LogP contribution is -2.30. The highest BCUT2D eigenvalue weighted by Crippen LogP contribution is 2.32. The molecule has 28 heavy (non-hydrogen) atoms. The van der Waals surface area contributed by atoms with E-state index >= 15 is 0 Å². The maximum Gasteiger partial charge on any atom is 0.243 e. The highest BCUT2D eigenvalue weighted by atomic mass is 32.2. The van der Waals surface area contributed by atoms with Gasteiger partial charge in [0.2, 0.25) is 15.2 Å². The maximum absolute atomic E-state index is 12.8. The van der Waals surface area contributed by atoms with E-state index in [0.717, 1.165) is 19.3 Å². The Balaban J connectivity index is 1.89. The van der Waals surface area contributed by atoms with Crippen LogP contribution in [0.3, 0.4) is 0 Å². The van der Waals surface area contributed by atoms with Gasteiger partial charge in [-0.3, -0.25) is 4.79 Å². The van der Waals surface area contributed by atoms with Crippen molar-refractivity contribution in [3.63, 3.8) is 0 Å². The predicted octanol–water partition coefficient (Wildman–Crippen LogP) is 2.29. The third-order valence-corrected chi connectivity index (χ3v) is 8.16. The molecule has 1 fully saturated rings. The Morgan fingerprint density at radius 3 is 2.68 bits per heavy atom. The van der Waals surface area contributed by atoms with E-state index in [2.05, 4.69) is 10.2 Å². The Hall–Kier alpha value is -1.91. The fourth-order valence-electron chi connectivity index (χ4n) is 3.27. The summed E-state index contributed by atoms with van der Waals surface area (Å²) in [6.45, 7) is 4.40. The van der Waals surface area contributed by atoms with E-state index in [1.807, 2.05) is 0 Å². The van der Waals surface area contributed by atoms with Gasteiger partial charge in [-0.1, -0.05) is 44.2 Å². The molecule has 10 heteroatoms. The third-order valence-electron chi connectivity index (χ3n) is 4.85. The first-order valence-electron chi connectivity index (χ1n) is 9.39. The first kappa shape index (κ1) is 20.8. The Morgan fingerprint density at radius 2 is 2.00 bits per heavy atom. The lowest BCUT2D eigenvalue weighted by molar-refractivity contribution is -0.119. The summed E-state index contributed by atoms with van der Waals surface area (Å²) in [4.78, 5) is 12.3. The molecule has 8 nitrogen and oxygen atoms in total. The molecule has 1 heterocycles. The highest BCUT2D eigenvalue weighted by molar-refractivity contribution is 8.00. The van der Waals surface area contributed by atoms with Crippen LogP contribution >= 0.6 is 11.8 Å². The zero-order chi connectivity index (χ0) is 20.3. The van der Waals surface area contributed by atoms with Gasteiger partial charge in [-0.05, 0) is 25.0 Å². The fourth-order valence-corrected chi connectivity index (χ4v) is 5.85. The van der Waals surface area contributed by atoms with Crippen molar-refractivity contribution in [1.82, 2.24) is 19.2 Å². The van der Waals surface area contributed by atoms with E-state index < -0.39 is 10.0 Å². The highest BCUT2D eigenvalue weighted by Gasteiger charge is 2.27. The van der Waals surface area contributed by atoms with Crippen LogP contribution in [0.25, 0.3) is 11.4 Å². The number of thioether (sulfide) groups is 1. The molecule has 0 saturated heterocycles. The topological polar surface area (TPSA) is 111 Å². The molecule has 1 saturated carbocycles. The van der Waals surface area contributed by atoms with Crippen molar-refractivity contribution in [2.75, 3.05) is 18.9 Å². The van der Waals surface area contributed by atoms with Crippen molar-refractivity contribution >= 4 is 27.6 Å².